The lowest BCUT2D eigenvalue weighted by Gasteiger charge is -2.15. The number of nitriles is 1. The van der Waals surface area contributed by atoms with Crippen molar-refractivity contribution in [3.05, 3.63) is 92.4 Å². The first kappa shape index (κ1) is 24.4. The number of halogens is 2. The standard InChI is InChI=1S/C26H22BrClN2O3/c1-3-32-24-14-19(13-21(27)25(24)33-16-18-8-5-4-6-9-18)12-20(15-29)26(31)30-23-11-7-10-22(28)17(23)2/h4-14H,3,16H2,1-2H3,(H,30,31)/b20-12-. The second-order valence-electron chi connectivity index (χ2n) is 7.07. The molecule has 168 valence electrons. The summed E-state index contributed by atoms with van der Waals surface area (Å²) in [4.78, 5) is 12.7. The number of benzene rings is 3. The molecule has 1 N–H and O–H groups in total. The van der Waals surface area contributed by atoms with Gasteiger partial charge in [-0.25, -0.2) is 0 Å². The average Bonchev–Trinajstić information content (AvgIpc) is 2.80. The summed E-state index contributed by atoms with van der Waals surface area (Å²) >= 11 is 9.65. The highest BCUT2D eigenvalue weighted by molar-refractivity contribution is 9.10. The van der Waals surface area contributed by atoms with Gasteiger partial charge < -0.3 is 14.8 Å². The third kappa shape index (κ3) is 6.38. The molecule has 0 radical (unpaired) electrons. The van der Waals surface area contributed by atoms with Crippen molar-refractivity contribution >= 4 is 45.2 Å². The molecule has 0 aliphatic heterocycles. The summed E-state index contributed by atoms with van der Waals surface area (Å²) in [7, 11) is 0. The molecule has 3 aromatic carbocycles. The number of rotatable bonds is 8. The lowest BCUT2D eigenvalue weighted by molar-refractivity contribution is -0.112. The molecule has 0 aliphatic rings. The first-order valence-electron chi connectivity index (χ1n) is 10.2. The molecular weight excluding hydrogens is 504 g/mol. The number of hydrogen-bond acceptors (Lipinski definition) is 4. The van der Waals surface area contributed by atoms with Crippen LogP contribution in [-0.2, 0) is 11.4 Å². The van der Waals surface area contributed by atoms with E-state index in [1.165, 1.54) is 6.08 Å². The van der Waals surface area contributed by atoms with E-state index in [0.29, 0.717) is 45.5 Å². The first-order chi connectivity index (χ1) is 15.9. The number of carbonyl (C=O) groups excluding carboxylic acids is 1. The molecule has 0 atom stereocenters. The molecule has 33 heavy (non-hydrogen) atoms. The monoisotopic (exact) mass is 524 g/mol. The summed E-state index contributed by atoms with van der Waals surface area (Å²) in [6, 6.07) is 20.5. The highest BCUT2D eigenvalue weighted by atomic mass is 79.9. The third-order valence-corrected chi connectivity index (χ3v) is 5.75. The van der Waals surface area contributed by atoms with Gasteiger partial charge >= 0.3 is 0 Å². The van der Waals surface area contributed by atoms with E-state index in [2.05, 4.69) is 21.2 Å². The Morgan fingerprint density at radius 2 is 1.91 bits per heavy atom. The largest absolute Gasteiger partial charge is 0.490 e. The molecule has 0 bridgehead atoms. The first-order valence-corrected chi connectivity index (χ1v) is 11.4. The van der Waals surface area contributed by atoms with E-state index >= 15 is 0 Å². The molecule has 3 rings (SSSR count). The summed E-state index contributed by atoms with van der Waals surface area (Å²) < 4.78 is 12.4. The normalized spacial score (nSPS) is 10.9. The topological polar surface area (TPSA) is 71.3 Å². The van der Waals surface area contributed by atoms with Crippen LogP contribution >= 0.6 is 27.5 Å². The number of carbonyl (C=O) groups is 1. The summed E-state index contributed by atoms with van der Waals surface area (Å²) in [6.07, 6.45) is 1.50. The van der Waals surface area contributed by atoms with Crippen molar-refractivity contribution in [2.45, 2.75) is 20.5 Å². The Labute approximate surface area is 206 Å². The molecule has 0 aromatic heterocycles. The van der Waals surface area contributed by atoms with Crippen molar-refractivity contribution in [1.82, 2.24) is 0 Å². The molecule has 0 aliphatic carbocycles. The van der Waals surface area contributed by atoms with Crippen LogP contribution in [0.3, 0.4) is 0 Å². The fourth-order valence-electron chi connectivity index (χ4n) is 3.05. The Bertz CT molecular complexity index is 1220. The highest BCUT2D eigenvalue weighted by Gasteiger charge is 2.15. The molecular formula is C26H22BrClN2O3. The van der Waals surface area contributed by atoms with E-state index in [9.17, 15) is 10.1 Å². The smallest absolute Gasteiger partial charge is 0.266 e. The van der Waals surface area contributed by atoms with Crippen molar-refractivity contribution in [2.24, 2.45) is 0 Å². The summed E-state index contributed by atoms with van der Waals surface area (Å²) in [5.74, 6) is 0.536. The van der Waals surface area contributed by atoms with Crippen LogP contribution in [0.25, 0.3) is 6.08 Å². The van der Waals surface area contributed by atoms with Gasteiger partial charge in [0.05, 0.1) is 11.1 Å². The van der Waals surface area contributed by atoms with Crippen LogP contribution in [0.5, 0.6) is 11.5 Å². The van der Waals surface area contributed by atoms with E-state index < -0.39 is 5.91 Å². The quantitative estimate of drug-likeness (QED) is 0.256. The number of nitrogens with one attached hydrogen (secondary N) is 1. The molecule has 5 nitrogen and oxygen atoms in total. The molecule has 0 spiro atoms. The zero-order valence-electron chi connectivity index (χ0n) is 18.2. The minimum Gasteiger partial charge on any atom is -0.490 e. The maximum atomic E-state index is 12.7. The Morgan fingerprint density at radius 1 is 1.15 bits per heavy atom. The zero-order chi connectivity index (χ0) is 23.8. The van der Waals surface area contributed by atoms with Gasteiger partial charge in [0.25, 0.3) is 5.91 Å². The van der Waals surface area contributed by atoms with Crippen molar-refractivity contribution < 1.29 is 14.3 Å². The Kier molecular flexibility index (Phi) is 8.53. The zero-order valence-corrected chi connectivity index (χ0v) is 20.5. The predicted octanol–water partition coefficient (Wildman–Crippen LogP) is 6.93. The second kappa shape index (κ2) is 11.6. The van der Waals surface area contributed by atoms with Crippen LogP contribution in [0.15, 0.2) is 70.7 Å². The Balaban J connectivity index is 1.86. The second-order valence-corrected chi connectivity index (χ2v) is 8.34. The Morgan fingerprint density at radius 3 is 2.61 bits per heavy atom. The Hall–Kier alpha value is -3.27. The number of nitrogens with zero attached hydrogens (tertiary/aromatic N) is 1. The molecule has 0 saturated carbocycles. The third-order valence-electron chi connectivity index (χ3n) is 4.75. The maximum absolute atomic E-state index is 12.7. The fourth-order valence-corrected chi connectivity index (χ4v) is 3.80. The number of amides is 1. The minimum absolute atomic E-state index is 0.0540. The van der Waals surface area contributed by atoms with E-state index in [1.54, 1.807) is 37.3 Å². The van der Waals surface area contributed by atoms with E-state index in [0.717, 1.165) is 11.1 Å². The van der Waals surface area contributed by atoms with E-state index in [4.69, 9.17) is 21.1 Å². The van der Waals surface area contributed by atoms with Gasteiger partial charge in [-0.1, -0.05) is 48.0 Å². The van der Waals surface area contributed by atoms with E-state index in [-0.39, 0.29) is 5.57 Å². The predicted molar refractivity (Wildman–Crippen MR) is 134 cm³/mol. The maximum Gasteiger partial charge on any atom is 0.266 e. The molecule has 3 aromatic rings. The van der Waals surface area contributed by atoms with Gasteiger partial charge in [-0.05, 0) is 76.8 Å². The number of hydrogen-bond donors (Lipinski definition) is 1. The van der Waals surface area contributed by atoms with Crippen LogP contribution in [0.1, 0.15) is 23.6 Å². The van der Waals surface area contributed by atoms with Gasteiger partial charge in [-0.15, -0.1) is 0 Å². The van der Waals surface area contributed by atoms with Crippen LogP contribution in [-0.4, -0.2) is 12.5 Å². The van der Waals surface area contributed by atoms with Crippen LogP contribution < -0.4 is 14.8 Å². The lowest BCUT2D eigenvalue weighted by Crippen LogP contribution is -2.14. The van der Waals surface area contributed by atoms with Gasteiger partial charge in [0.1, 0.15) is 18.2 Å². The van der Waals surface area contributed by atoms with Gasteiger partial charge in [0, 0.05) is 10.7 Å². The van der Waals surface area contributed by atoms with Gasteiger partial charge in [-0.3, -0.25) is 4.79 Å². The molecule has 0 fully saturated rings. The van der Waals surface area contributed by atoms with Gasteiger partial charge in [0.2, 0.25) is 0 Å². The highest BCUT2D eigenvalue weighted by Crippen LogP contribution is 2.38. The van der Waals surface area contributed by atoms with Crippen LogP contribution in [0.2, 0.25) is 5.02 Å². The minimum atomic E-state index is -0.527. The summed E-state index contributed by atoms with van der Waals surface area (Å²) in [5, 5.41) is 12.9. The van der Waals surface area contributed by atoms with Crippen molar-refractivity contribution in [2.75, 3.05) is 11.9 Å². The molecule has 0 heterocycles. The van der Waals surface area contributed by atoms with Crippen molar-refractivity contribution in [1.29, 1.82) is 5.26 Å². The van der Waals surface area contributed by atoms with Crippen LogP contribution in [0.4, 0.5) is 5.69 Å². The molecule has 7 heteroatoms. The van der Waals surface area contributed by atoms with Crippen LogP contribution in [0, 0.1) is 18.3 Å². The number of ether oxygens (including phenoxy) is 2. The van der Waals surface area contributed by atoms with Crippen molar-refractivity contribution in [3.8, 4) is 17.6 Å². The van der Waals surface area contributed by atoms with Gasteiger partial charge in [-0.2, -0.15) is 5.26 Å². The molecule has 0 unspecified atom stereocenters. The summed E-state index contributed by atoms with van der Waals surface area (Å²) in [5.41, 5.74) is 2.87. The average molecular weight is 526 g/mol. The fraction of sp³-hybridized carbons (Fsp3) is 0.154. The van der Waals surface area contributed by atoms with Gasteiger partial charge in [0.15, 0.2) is 11.5 Å². The number of anilines is 1. The summed E-state index contributed by atoms with van der Waals surface area (Å²) in [6.45, 7) is 4.48. The molecule has 1 amide bonds. The molecule has 0 saturated heterocycles. The lowest BCUT2D eigenvalue weighted by atomic mass is 10.1. The SMILES string of the molecule is CCOc1cc(/C=C(/C#N)C(=O)Nc2cccc(Cl)c2C)cc(Br)c1OCc1ccccc1. The van der Waals surface area contributed by atoms with Crippen molar-refractivity contribution in [3.63, 3.8) is 0 Å². The van der Waals surface area contributed by atoms with E-state index in [1.807, 2.05) is 43.3 Å².